The lowest BCUT2D eigenvalue weighted by Gasteiger charge is -2.20. The van der Waals surface area contributed by atoms with Crippen molar-refractivity contribution in [3.63, 3.8) is 0 Å². The van der Waals surface area contributed by atoms with Crippen LogP contribution in [-0.2, 0) is 0 Å². The molecule has 20 heavy (non-hydrogen) atoms. The van der Waals surface area contributed by atoms with Gasteiger partial charge in [0.2, 0.25) is 0 Å². The third-order valence-electron chi connectivity index (χ3n) is 3.11. The number of hydrogen-bond acceptors (Lipinski definition) is 2. The van der Waals surface area contributed by atoms with E-state index >= 15 is 0 Å². The normalized spacial score (nSPS) is 12.4. The first-order valence-corrected chi connectivity index (χ1v) is 7.26. The summed E-state index contributed by atoms with van der Waals surface area (Å²) >= 11 is 1.52. The number of nitrogens with one attached hydrogen (secondary N) is 1. The molecule has 0 saturated carbocycles. The Morgan fingerprint density at radius 1 is 0.950 bits per heavy atom. The monoisotopic (exact) mass is 297 g/mol. The average molecular weight is 297 g/mol. The summed E-state index contributed by atoms with van der Waals surface area (Å²) in [6.07, 6.45) is 1.91. The van der Waals surface area contributed by atoms with Crippen LogP contribution in [0.5, 0.6) is 0 Å². The quantitative estimate of drug-likeness (QED) is 0.672. The second kappa shape index (κ2) is 6.33. The molecule has 2 rings (SSSR count). The van der Waals surface area contributed by atoms with E-state index in [0.717, 1.165) is 16.5 Å². The maximum atomic E-state index is 14.0. The van der Waals surface area contributed by atoms with Crippen LogP contribution in [0.4, 0.5) is 13.2 Å². The van der Waals surface area contributed by atoms with Gasteiger partial charge in [0.25, 0.3) is 0 Å². The van der Waals surface area contributed by atoms with Gasteiger partial charge in [0, 0.05) is 10.5 Å². The molecule has 1 atom stereocenters. The molecule has 0 aliphatic heterocycles. The van der Waals surface area contributed by atoms with Crippen molar-refractivity contribution in [2.24, 2.45) is 0 Å². The van der Waals surface area contributed by atoms with E-state index in [9.17, 15) is 13.2 Å². The molecule has 0 spiro atoms. The van der Waals surface area contributed by atoms with Gasteiger partial charge in [0.05, 0.1) is 6.04 Å². The molecule has 0 saturated heterocycles. The van der Waals surface area contributed by atoms with Gasteiger partial charge in [-0.3, -0.25) is 0 Å². The number of benzene rings is 2. The highest BCUT2D eigenvalue weighted by atomic mass is 32.2. The van der Waals surface area contributed by atoms with E-state index < -0.39 is 23.5 Å². The fraction of sp³-hybridized carbons (Fsp3) is 0.200. The molecule has 0 radical (unpaired) electrons. The molecule has 5 heteroatoms. The van der Waals surface area contributed by atoms with Crippen LogP contribution >= 0.6 is 11.8 Å². The highest BCUT2D eigenvalue weighted by molar-refractivity contribution is 7.98. The maximum Gasteiger partial charge on any atom is 0.194 e. The summed E-state index contributed by atoms with van der Waals surface area (Å²) in [5.74, 6) is -3.77. The van der Waals surface area contributed by atoms with Crippen LogP contribution in [-0.4, -0.2) is 13.3 Å². The minimum Gasteiger partial charge on any atom is -0.309 e. The van der Waals surface area contributed by atoms with Crippen molar-refractivity contribution in [2.45, 2.75) is 10.9 Å². The Balaban J connectivity index is 2.56. The molecule has 106 valence electrons. The zero-order chi connectivity index (χ0) is 14.7. The molecule has 1 nitrogen and oxygen atoms in total. The molecule has 0 amide bonds. The van der Waals surface area contributed by atoms with Crippen molar-refractivity contribution >= 4 is 11.8 Å². The fourth-order valence-corrected chi connectivity index (χ4v) is 2.78. The van der Waals surface area contributed by atoms with Crippen LogP contribution in [0.3, 0.4) is 0 Å². The van der Waals surface area contributed by atoms with Gasteiger partial charge in [0.15, 0.2) is 17.5 Å². The lowest BCUT2D eigenvalue weighted by atomic mass is 9.98. The van der Waals surface area contributed by atoms with Gasteiger partial charge < -0.3 is 5.32 Å². The minimum absolute atomic E-state index is 0.0906. The SMILES string of the molecule is CNC(c1ccccc1SC)c1ccc(F)c(F)c1F. The second-order valence-electron chi connectivity index (χ2n) is 4.23. The van der Waals surface area contributed by atoms with Crippen LogP contribution < -0.4 is 5.32 Å². The standard InChI is InChI=1S/C15H14F3NS/c1-19-15(9-5-3-4-6-12(9)20-2)10-7-8-11(16)14(18)13(10)17/h3-8,15,19H,1-2H3. The first-order chi connectivity index (χ1) is 9.60. The first kappa shape index (κ1) is 14.9. The summed E-state index contributed by atoms with van der Waals surface area (Å²) in [5, 5.41) is 2.95. The van der Waals surface area contributed by atoms with Crippen molar-refractivity contribution < 1.29 is 13.2 Å². The van der Waals surface area contributed by atoms with E-state index in [1.807, 2.05) is 30.5 Å². The number of rotatable bonds is 4. The van der Waals surface area contributed by atoms with Gasteiger partial charge in [-0.25, -0.2) is 13.2 Å². The molecule has 2 aromatic rings. The Bertz CT molecular complexity index is 616. The molecule has 0 bridgehead atoms. The van der Waals surface area contributed by atoms with Gasteiger partial charge in [-0.15, -0.1) is 11.8 Å². The predicted molar refractivity (Wildman–Crippen MR) is 75.4 cm³/mol. The maximum absolute atomic E-state index is 14.0. The van der Waals surface area contributed by atoms with Crippen molar-refractivity contribution in [1.82, 2.24) is 5.32 Å². The molecular formula is C15H14F3NS. The van der Waals surface area contributed by atoms with Crippen LogP contribution in [0, 0.1) is 17.5 Å². The van der Waals surface area contributed by atoms with E-state index in [1.165, 1.54) is 17.8 Å². The van der Waals surface area contributed by atoms with Crippen LogP contribution in [0.1, 0.15) is 17.2 Å². The van der Waals surface area contributed by atoms with Gasteiger partial charge in [0.1, 0.15) is 0 Å². The second-order valence-corrected chi connectivity index (χ2v) is 5.08. The van der Waals surface area contributed by atoms with Gasteiger partial charge >= 0.3 is 0 Å². The third-order valence-corrected chi connectivity index (χ3v) is 3.93. The summed E-state index contributed by atoms with van der Waals surface area (Å²) in [5.41, 5.74) is 0.917. The highest BCUT2D eigenvalue weighted by Crippen LogP contribution is 2.32. The molecule has 2 aromatic carbocycles. The van der Waals surface area contributed by atoms with Gasteiger partial charge in [-0.2, -0.15) is 0 Å². The van der Waals surface area contributed by atoms with E-state index in [4.69, 9.17) is 0 Å². The van der Waals surface area contributed by atoms with Crippen LogP contribution in [0.15, 0.2) is 41.3 Å². The molecule has 0 aromatic heterocycles. The zero-order valence-electron chi connectivity index (χ0n) is 11.1. The molecule has 1 unspecified atom stereocenters. The van der Waals surface area contributed by atoms with Crippen LogP contribution in [0.25, 0.3) is 0 Å². The predicted octanol–water partition coefficient (Wildman–Crippen LogP) is 4.13. The van der Waals surface area contributed by atoms with E-state index in [0.29, 0.717) is 0 Å². The van der Waals surface area contributed by atoms with Crippen molar-refractivity contribution in [1.29, 1.82) is 0 Å². The lowest BCUT2D eigenvalue weighted by molar-refractivity contribution is 0.434. The highest BCUT2D eigenvalue weighted by Gasteiger charge is 2.22. The molecule has 0 aliphatic rings. The zero-order valence-corrected chi connectivity index (χ0v) is 11.9. The Labute approximate surface area is 120 Å². The van der Waals surface area contributed by atoms with Crippen molar-refractivity contribution in [3.05, 3.63) is 65.0 Å². The molecule has 1 N–H and O–H groups in total. The Morgan fingerprint density at radius 2 is 1.65 bits per heavy atom. The topological polar surface area (TPSA) is 12.0 Å². The van der Waals surface area contributed by atoms with Crippen molar-refractivity contribution in [3.8, 4) is 0 Å². The van der Waals surface area contributed by atoms with Crippen molar-refractivity contribution in [2.75, 3.05) is 13.3 Å². The molecule has 0 heterocycles. The third kappa shape index (κ3) is 2.69. The summed E-state index contributed by atoms with van der Waals surface area (Å²) in [7, 11) is 1.66. The Morgan fingerprint density at radius 3 is 2.30 bits per heavy atom. The summed E-state index contributed by atoms with van der Waals surface area (Å²) in [6, 6.07) is 9.14. The average Bonchev–Trinajstić information content (AvgIpc) is 2.48. The van der Waals surface area contributed by atoms with Crippen LogP contribution in [0.2, 0.25) is 0 Å². The van der Waals surface area contributed by atoms with Gasteiger partial charge in [-0.1, -0.05) is 24.3 Å². The largest absolute Gasteiger partial charge is 0.309 e. The summed E-state index contributed by atoms with van der Waals surface area (Å²) in [4.78, 5) is 0.955. The fourth-order valence-electron chi connectivity index (χ4n) is 2.15. The molecular weight excluding hydrogens is 283 g/mol. The summed E-state index contributed by atoms with van der Waals surface area (Å²) < 4.78 is 40.4. The van der Waals surface area contributed by atoms with E-state index in [1.54, 1.807) is 7.05 Å². The molecule has 0 fully saturated rings. The van der Waals surface area contributed by atoms with Gasteiger partial charge in [-0.05, 0) is 31.0 Å². The number of thioether (sulfide) groups is 1. The van der Waals surface area contributed by atoms with E-state index in [-0.39, 0.29) is 5.56 Å². The Kier molecular flexibility index (Phi) is 4.73. The minimum atomic E-state index is -1.44. The van der Waals surface area contributed by atoms with E-state index in [2.05, 4.69) is 5.32 Å². The summed E-state index contributed by atoms with van der Waals surface area (Å²) in [6.45, 7) is 0. The lowest BCUT2D eigenvalue weighted by Crippen LogP contribution is -2.20. The Hall–Kier alpha value is -1.46. The number of hydrogen-bond donors (Lipinski definition) is 1. The first-order valence-electron chi connectivity index (χ1n) is 6.03. The number of halogens is 3. The smallest absolute Gasteiger partial charge is 0.194 e. The molecule has 0 aliphatic carbocycles.